The number of hydrogen-bond acceptors (Lipinski definition) is 6. The summed E-state index contributed by atoms with van der Waals surface area (Å²) < 4.78 is 38.7. The number of nitrogens with zero attached hydrogens (tertiary/aromatic N) is 1. The molecule has 0 aliphatic heterocycles. The number of nitrogens with two attached hydrogens (primary N) is 1. The van der Waals surface area contributed by atoms with Gasteiger partial charge in [-0.25, -0.2) is 8.42 Å². The van der Waals surface area contributed by atoms with Crippen LogP contribution in [0.2, 0.25) is 5.02 Å². The van der Waals surface area contributed by atoms with Gasteiger partial charge in [-0.15, -0.1) is 11.3 Å². The number of anilines is 1. The highest BCUT2D eigenvalue weighted by Crippen LogP contribution is 2.35. The van der Waals surface area contributed by atoms with Gasteiger partial charge in [0.05, 0.1) is 24.8 Å². The summed E-state index contributed by atoms with van der Waals surface area (Å²) in [4.78, 5) is 14.0. The van der Waals surface area contributed by atoms with Crippen molar-refractivity contribution in [3.63, 3.8) is 0 Å². The van der Waals surface area contributed by atoms with Crippen molar-refractivity contribution in [1.29, 1.82) is 0 Å². The monoisotopic (exact) mass is 494 g/mol. The molecule has 1 heterocycles. The fourth-order valence-electron chi connectivity index (χ4n) is 3.25. The molecular weight excluding hydrogens is 472 g/mol. The van der Waals surface area contributed by atoms with Crippen LogP contribution in [-0.4, -0.2) is 35.1 Å². The summed E-state index contributed by atoms with van der Waals surface area (Å²) in [6.45, 7) is 1.46. The molecular formula is C22H23ClN2O5S2. The number of amides is 1. The van der Waals surface area contributed by atoms with Gasteiger partial charge in [-0.1, -0.05) is 11.6 Å². The minimum absolute atomic E-state index is 0.0655. The van der Waals surface area contributed by atoms with E-state index >= 15 is 0 Å². The van der Waals surface area contributed by atoms with Crippen LogP contribution >= 0.6 is 22.9 Å². The predicted octanol–water partition coefficient (Wildman–Crippen LogP) is 4.00. The smallest absolute Gasteiger partial charge is 0.264 e. The molecule has 1 aromatic heterocycles. The number of carbonyl (C=O) groups is 1. The third kappa shape index (κ3) is 5.17. The number of ether oxygens (including phenoxy) is 2. The third-order valence-electron chi connectivity index (χ3n) is 4.71. The lowest BCUT2D eigenvalue weighted by atomic mass is 10.1. The Labute approximate surface area is 196 Å². The van der Waals surface area contributed by atoms with Gasteiger partial charge in [-0.05, 0) is 55.0 Å². The van der Waals surface area contributed by atoms with E-state index in [1.807, 2.05) is 19.1 Å². The van der Waals surface area contributed by atoms with Crippen molar-refractivity contribution >= 4 is 44.6 Å². The van der Waals surface area contributed by atoms with Crippen LogP contribution in [0.4, 0.5) is 5.69 Å². The Kier molecular flexibility index (Phi) is 7.33. The number of methoxy groups -OCH3 is 2. The van der Waals surface area contributed by atoms with E-state index in [1.165, 1.54) is 32.4 Å². The van der Waals surface area contributed by atoms with Crippen molar-refractivity contribution in [2.24, 2.45) is 5.73 Å². The number of carbonyl (C=O) groups excluding carboxylic acids is 1. The molecule has 0 radical (unpaired) electrons. The molecule has 2 N–H and O–H groups in total. The topological polar surface area (TPSA) is 98.9 Å². The second kappa shape index (κ2) is 9.81. The van der Waals surface area contributed by atoms with Crippen LogP contribution in [0.25, 0.3) is 0 Å². The van der Waals surface area contributed by atoms with Gasteiger partial charge in [0.25, 0.3) is 10.0 Å². The maximum atomic E-state index is 13.6. The number of hydrogen-bond donors (Lipinski definition) is 1. The van der Waals surface area contributed by atoms with Crippen molar-refractivity contribution in [3.8, 4) is 11.5 Å². The van der Waals surface area contributed by atoms with E-state index in [-0.39, 0.29) is 10.6 Å². The summed E-state index contributed by atoms with van der Waals surface area (Å²) >= 11 is 7.82. The van der Waals surface area contributed by atoms with Crippen LogP contribution in [-0.2, 0) is 21.2 Å². The Morgan fingerprint density at radius 3 is 2.38 bits per heavy atom. The molecule has 3 aromatic rings. The molecule has 7 nitrogen and oxygen atoms in total. The largest absolute Gasteiger partial charge is 0.493 e. The Bertz CT molecular complexity index is 1240. The molecule has 0 spiro atoms. The fourth-order valence-corrected chi connectivity index (χ4v) is 5.85. The van der Waals surface area contributed by atoms with Crippen molar-refractivity contribution in [2.45, 2.75) is 18.2 Å². The van der Waals surface area contributed by atoms with Gasteiger partial charge in [0, 0.05) is 27.3 Å². The highest BCUT2D eigenvalue weighted by molar-refractivity contribution is 7.92. The van der Waals surface area contributed by atoms with E-state index in [1.54, 1.807) is 29.5 Å². The quantitative estimate of drug-likeness (QED) is 0.484. The Morgan fingerprint density at radius 2 is 1.78 bits per heavy atom. The summed E-state index contributed by atoms with van der Waals surface area (Å²) in [6.07, 6.45) is 0.450. The van der Waals surface area contributed by atoms with E-state index in [9.17, 15) is 13.2 Å². The Balaban J connectivity index is 2.13. The number of halogens is 1. The number of sulfonamides is 1. The number of aryl methyl sites for hydroxylation is 1. The van der Waals surface area contributed by atoms with Gasteiger partial charge in [0.15, 0.2) is 11.5 Å². The van der Waals surface area contributed by atoms with Crippen molar-refractivity contribution in [1.82, 2.24) is 0 Å². The van der Waals surface area contributed by atoms with Crippen LogP contribution in [0.1, 0.15) is 15.3 Å². The Morgan fingerprint density at radius 1 is 1.06 bits per heavy atom. The highest BCUT2D eigenvalue weighted by Gasteiger charge is 2.29. The van der Waals surface area contributed by atoms with Crippen LogP contribution in [0, 0.1) is 6.92 Å². The van der Waals surface area contributed by atoms with Crippen molar-refractivity contribution in [2.75, 3.05) is 25.1 Å². The van der Waals surface area contributed by atoms with Gasteiger partial charge in [0.2, 0.25) is 5.91 Å². The second-order valence-corrected chi connectivity index (χ2v) is 10.6. The molecule has 0 bridgehead atoms. The average molecular weight is 495 g/mol. The van der Waals surface area contributed by atoms with E-state index < -0.39 is 22.5 Å². The predicted molar refractivity (Wildman–Crippen MR) is 127 cm³/mol. The first kappa shape index (κ1) is 23.9. The fraction of sp³-hybridized carbons (Fsp3) is 0.227. The minimum atomic E-state index is -4.17. The molecule has 3 rings (SSSR count). The zero-order valence-corrected chi connectivity index (χ0v) is 20.2. The van der Waals surface area contributed by atoms with E-state index in [4.69, 9.17) is 26.8 Å². The number of thiophene rings is 1. The van der Waals surface area contributed by atoms with Crippen LogP contribution in [0.3, 0.4) is 0 Å². The van der Waals surface area contributed by atoms with Crippen molar-refractivity contribution < 1.29 is 22.7 Å². The average Bonchev–Trinajstić information content (AvgIpc) is 3.16. The van der Waals surface area contributed by atoms with Crippen LogP contribution in [0.5, 0.6) is 11.5 Å². The van der Waals surface area contributed by atoms with Gasteiger partial charge in [-0.2, -0.15) is 0 Å². The second-order valence-electron chi connectivity index (χ2n) is 6.96. The lowest BCUT2D eigenvalue weighted by Gasteiger charge is -2.26. The molecule has 170 valence electrons. The van der Waals surface area contributed by atoms with Gasteiger partial charge >= 0.3 is 0 Å². The van der Waals surface area contributed by atoms with E-state index in [2.05, 4.69) is 0 Å². The molecule has 32 heavy (non-hydrogen) atoms. The molecule has 0 fully saturated rings. The molecule has 0 aliphatic carbocycles. The first-order valence-electron chi connectivity index (χ1n) is 9.52. The van der Waals surface area contributed by atoms with E-state index in [0.717, 1.165) is 14.1 Å². The zero-order chi connectivity index (χ0) is 23.5. The van der Waals surface area contributed by atoms with Gasteiger partial charge in [0.1, 0.15) is 6.54 Å². The summed E-state index contributed by atoms with van der Waals surface area (Å²) in [5.41, 5.74) is 6.41. The standard InChI is InChI=1S/C22H23ClN2O5S2/c1-14-4-6-17(31-14)11-15-10-16(23)5-8-19(15)25(13-22(24)26)32(27,28)18-7-9-20(29-2)21(12-18)30-3/h4-10,12H,11,13H2,1-3H3,(H2,24,26). The first-order valence-corrected chi connectivity index (χ1v) is 12.2. The summed E-state index contributed by atoms with van der Waals surface area (Å²) in [5, 5.41) is 0.458. The lowest BCUT2D eigenvalue weighted by molar-refractivity contribution is -0.116. The Hall–Kier alpha value is -2.75. The third-order valence-corrected chi connectivity index (χ3v) is 7.70. The van der Waals surface area contributed by atoms with E-state index in [0.29, 0.717) is 28.4 Å². The van der Waals surface area contributed by atoms with Gasteiger partial charge in [-0.3, -0.25) is 9.10 Å². The molecule has 0 aliphatic rings. The number of rotatable bonds is 9. The van der Waals surface area contributed by atoms with Crippen LogP contribution < -0.4 is 19.5 Å². The minimum Gasteiger partial charge on any atom is -0.493 e. The van der Waals surface area contributed by atoms with Crippen molar-refractivity contribution in [3.05, 3.63) is 68.9 Å². The normalized spacial score (nSPS) is 11.2. The summed E-state index contributed by atoms with van der Waals surface area (Å²) in [5.74, 6) is -0.159. The molecule has 10 heteroatoms. The maximum absolute atomic E-state index is 13.6. The number of primary amides is 1. The maximum Gasteiger partial charge on any atom is 0.264 e. The van der Waals surface area contributed by atoms with Crippen LogP contribution in [0.15, 0.2) is 53.4 Å². The van der Waals surface area contributed by atoms with Gasteiger partial charge < -0.3 is 15.2 Å². The zero-order valence-electron chi connectivity index (χ0n) is 17.8. The molecule has 1 amide bonds. The first-order chi connectivity index (χ1) is 15.1. The molecule has 2 aromatic carbocycles. The molecule has 0 atom stereocenters. The summed E-state index contributed by atoms with van der Waals surface area (Å²) in [6, 6.07) is 13.1. The summed E-state index contributed by atoms with van der Waals surface area (Å²) in [7, 11) is -1.30. The molecule has 0 unspecified atom stereocenters. The number of benzene rings is 2. The lowest BCUT2D eigenvalue weighted by Crippen LogP contribution is -2.39. The SMILES string of the molecule is COc1ccc(S(=O)(=O)N(CC(N)=O)c2ccc(Cl)cc2Cc2ccc(C)s2)cc1OC. The molecule has 0 saturated heterocycles. The highest BCUT2D eigenvalue weighted by atomic mass is 35.5. The molecule has 0 saturated carbocycles.